The molecule has 0 bridgehead atoms. The van der Waals surface area contributed by atoms with Gasteiger partial charge in [0, 0.05) is 4.47 Å². The summed E-state index contributed by atoms with van der Waals surface area (Å²) in [5.74, 6) is -0.0360. The van der Waals surface area contributed by atoms with Gasteiger partial charge in [0.1, 0.15) is 0 Å². The Morgan fingerprint density at radius 2 is 1.95 bits per heavy atom. The normalized spacial score (nSPS) is 10.4. The molecule has 0 heterocycles. The van der Waals surface area contributed by atoms with Gasteiger partial charge in [0.25, 0.3) is 0 Å². The number of carbonyl (C=O) groups is 1. The molecule has 0 saturated carbocycles. The monoisotopic (exact) mass is 346 g/mol. The molecular formula is C17H19BrN2O. The highest BCUT2D eigenvalue weighted by molar-refractivity contribution is 9.10. The third-order valence-corrected chi connectivity index (χ3v) is 3.80. The molecular weight excluding hydrogens is 328 g/mol. The number of anilines is 1. The van der Waals surface area contributed by atoms with Gasteiger partial charge in [0.15, 0.2) is 0 Å². The minimum Gasteiger partial charge on any atom is -0.324 e. The standard InChI is InChI=1S/C17H19BrN2O/c1-13-5-4-6-14(11-13)9-10-19-12-17(21)20-16-8-3-2-7-15(16)18/h2-8,11,19H,9-10,12H2,1H3,(H,20,21). The van der Waals surface area contributed by atoms with Crippen molar-refractivity contribution in [3.63, 3.8) is 0 Å². The minimum atomic E-state index is -0.0360. The second kappa shape index (κ2) is 7.96. The lowest BCUT2D eigenvalue weighted by Crippen LogP contribution is -2.29. The van der Waals surface area contributed by atoms with Crippen LogP contribution >= 0.6 is 15.9 Å². The van der Waals surface area contributed by atoms with E-state index >= 15 is 0 Å². The largest absolute Gasteiger partial charge is 0.324 e. The Balaban J connectivity index is 1.71. The zero-order valence-electron chi connectivity index (χ0n) is 12.0. The first-order valence-electron chi connectivity index (χ1n) is 6.96. The quantitative estimate of drug-likeness (QED) is 0.785. The van der Waals surface area contributed by atoms with Crippen LogP contribution in [0.4, 0.5) is 5.69 Å². The molecule has 110 valence electrons. The molecule has 0 unspecified atom stereocenters. The van der Waals surface area contributed by atoms with Gasteiger partial charge in [-0.1, -0.05) is 42.0 Å². The average molecular weight is 347 g/mol. The predicted molar refractivity (Wildman–Crippen MR) is 90.5 cm³/mol. The Morgan fingerprint density at radius 1 is 1.14 bits per heavy atom. The van der Waals surface area contributed by atoms with Crippen LogP contribution < -0.4 is 10.6 Å². The molecule has 3 nitrogen and oxygen atoms in total. The molecule has 2 aromatic rings. The van der Waals surface area contributed by atoms with Crippen LogP contribution in [-0.4, -0.2) is 19.0 Å². The highest BCUT2D eigenvalue weighted by Crippen LogP contribution is 2.20. The molecule has 0 radical (unpaired) electrons. The van der Waals surface area contributed by atoms with E-state index in [4.69, 9.17) is 0 Å². The number of halogens is 1. The van der Waals surface area contributed by atoms with Gasteiger partial charge in [-0.25, -0.2) is 0 Å². The maximum Gasteiger partial charge on any atom is 0.238 e. The molecule has 0 saturated heterocycles. The summed E-state index contributed by atoms with van der Waals surface area (Å²) >= 11 is 3.41. The van der Waals surface area contributed by atoms with Crippen LogP contribution in [-0.2, 0) is 11.2 Å². The molecule has 0 atom stereocenters. The van der Waals surface area contributed by atoms with Crippen molar-refractivity contribution in [3.8, 4) is 0 Å². The molecule has 2 rings (SSSR count). The fraction of sp³-hybridized carbons (Fsp3) is 0.235. The summed E-state index contributed by atoms with van der Waals surface area (Å²) in [4.78, 5) is 11.8. The van der Waals surface area contributed by atoms with E-state index < -0.39 is 0 Å². The Bertz CT molecular complexity index is 613. The number of aryl methyl sites for hydroxylation is 1. The second-order valence-corrected chi connectivity index (χ2v) is 5.80. The Kier molecular flexibility index (Phi) is 5.96. The van der Waals surface area contributed by atoms with Gasteiger partial charge in [0.05, 0.1) is 12.2 Å². The SMILES string of the molecule is Cc1cccc(CCNCC(=O)Nc2ccccc2Br)c1. The smallest absolute Gasteiger partial charge is 0.238 e. The van der Waals surface area contributed by atoms with E-state index in [9.17, 15) is 4.79 Å². The number of rotatable bonds is 6. The lowest BCUT2D eigenvalue weighted by molar-refractivity contribution is -0.115. The van der Waals surface area contributed by atoms with Crippen molar-refractivity contribution < 1.29 is 4.79 Å². The summed E-state index contributed by atoms with van der Waals surface area (Å²) in [6.45, 7) is 3.18. The van der Waals surface area contributed by atoms with E-state index in [1.807, 2.05) is 24.3 Å². The maximum absolute atomic E-state index is 11.8. The molecule has 0 aliphatic heterocycles. The van der Waals surface area contributed by atoms with Crippen LogP contribution in [0.15, 0.2) is 53.0 Å². The van der Waals surface area contributed by atoms with Crippen LogP contribution in [0.5, 0.6) is 0 Å². The van der Waals surface area contributed by atoms with E-state index in [-0.39, 0.29) is 5.91 Å². The van der Waals surface area contributed by atoms with Gasteiger partial charge in [-0.2, -0.15) is 0 Å². The molecule has 0 spiro atoms. The number of para-hydroxylation sites is 1. The van der Waals surface area contributed by atoms with Crippen LogP contribution in [0.25, 0.3) is 0 Å². The van der Waals surface area contributed by atoms with Crippen molar-refractivity contribution in [2.24, 2.45) is 0 Å². The molecule has 2 N–H and O–H groups in total. The molecule has 0 aliphatic rings. The summed E-state index contributed by atoms with van der Waals surface area (Å²) in [6.07, 6.45) is 0.921. The van der Waals surface area contributed by atoms with Crippen molar-refractivity contribution in [2.45, 2.75) is 13.3 Å². The predicted octanol–water partition coefficient (Wildman–Crippen LogP) is 3.53. The topological polar surface area (TPSA) is 41.1 Å². The first-order valence-corrected chi connectivity index (χ1v) is 7.75. The number of amides is 1. The molecule has 4 heteroatoms. The van der Waals surface area contributed by atoms with Crippen molar-refractivity contribution in [1.82, 2.24) is 5.32 Å². The fourth-order valence-corrected chi connectivity index (χ4v) is 2.44. The number of benzene rings is 2. The van der Waals surface area contributed by atoms with E-state index in [0.717, 1.165) is 23.1 Å². The summed E-state index contributed by atoms with van der Waals surface area (Å²) in [5.41, 5.74) is 3.34. The Morgan fingerprint density at radius 3 is 2.71 bits per heavy atom. The Labute approximate surface area is 133 Å². The number of nitrogens with one attached hydrogen (secondary N) is 2. The Hall–Kier alpha value is -1.65. The zero-order chi connectivity index (χ0) is 15.1. The third kappa shape index (κ3) is 5.33. The molecule has 21 heavy (non-hydrogen) atoms. The van der Waals surface area contributed by atoms with Crippen LogP contribution in [0.2, 0.25) is 0 Å². The van der Waals surface area contributed by atoms with Gasteiger partial charge in [-0.15, -0.1) is 0 Å². The summed E-state index contributed by atoms with van der Waals surface area (Å²) in [5, 5.41) is 6.04. The van der Waals surface area contributed by atoms with Crippen molar-refractivity contribution in [3.05, 3.63) is 64.1 Å². The van der Waals surface area contributed by atoms with Gasteiger partial charge in [0.2, 0.25) is 5.91 Å². The summed E-state index contributed by atoms with van der Waals surface area (Å²) in [6, 6.07) is 16.0. The van der Waals surface area contributed by atoms with Crippen molar-refractivity contribution in [1.29, 1.82) is 0 Å². The molecule has 1 amide bonds. The highest BCUT2D eigenvalue weighted by Gasteiger charge is 2.04. The third-order valence-electron chi connectivity index (χ3n) is 3.11. The molecule has 0 fully saturated rings. The van der Waals surface area contributed by atoms with Gasteiger partial charge in [-0.05, 0) is 53.5 Å². The van der Waals surface area contributed by atoms with E-state index in [0.29, 0.717) is 6.54 Å². The zero-order valence-corrected chi connectivity index (χ0v) is 13.6. The van der Waals surface area contributed by atoms with Crippen LogP contribution in [0.3, 0.4) is 0 Å². The van der Waals surface area contributed by atoms with E-state index in [1.54, 1.807) is 0 Å². The number of hydrogen-bond donors (Lipinski definition) is 2. The van der Waals surface area contributed by atoms with Crippen molar-refractivity contribution in [2.75, 3.05) is 18.4 Å². The highest BCUT2D eigenvalue weighted by atomic mass is 79.9. The molecule has 0 aliphatic carbocycles. The number of hydrogen-bond acceptors (Lipinski definition) is 2. The fourth-order valence-electron chi connectivity index (χ4n) is 2.06. The summed E-state index contributed by atoms with van der Waals surface area (Å²) in [7, 11) is 0. The van der Waals surface area contributed by atoms with E-state index in [2.05, 4.69) is 57.8 Å². The van der Waals surface area contributed by atoms with Crippen LogP contribution in [0.1, 0.15) is 11.1 Å². The average Bonchev–Trinajstić information content (AvgIpc) is 2.46. The molecule has 0 aromatic heterocycles. The first-order chi connectivity index (χ1) is 10.1. The first kappa shape index (κ1) is 15.7. The number of carbonyl (C=O) groups excluding carboxylic acids is 1. The maximum atomic E-state index is 11.8. The lowest BCUT2D eigenvalue weighted by atomic mass is 10.1. The van der Waals surface area contributed by atoms with Gasteiger partial charge in [-0.3, -0.25) is 4.79 Å². The van der Waals surface area contributed by atoms with E-state index in [1.165, 1.54) is 11.1 Å². The molecule has 2 aromatic carbocycles. The van der Waals surface area contributed by atoms with Gasteiger partial charge >= 0.3 is 0 Å². The lowest BCUT2D eigenvalue weighted by Gasteiger charge is -2.08. The van der Waals surface area contributed by atoms with Gasteiger partial charge < -0.3 is 10.6 Å². The van der Waals surface area contributed by atoms with Crippen molar-refractivity contribution >= 4 is 27.5 Å². The summed E-state index contributed by atoms with van der Waals surface area (Å²) < 4.78 is 0.887. The minimum absolute atomic E-state index is 0.0360. The second-order valence-electron chi connectivity index (χ2n) is 4.94. The van der Waals surface area contributed by atoms with Crippen LogP contribution in [0, 0.1) is 6.92 Å².